The van der Waals surface area contributed by atoms with Crippen molar-refractivity contribution in [1.82, 2.24) is 14.7 Å². The molecule has 3 rings (SSSR count). The van der Waals surface area contributed by atoms with Crippen LogP contribution in [0.1, 0.15) is 29.5 Å². The number of carbonyl (C=O) groups excluding carboxylic acids is 1. The Kier molecular flexibility index (Phi) is 9.62. The molecule has 0 bridgehead atoms. The van der Waals surface area contributed by atoms with Gasteiger partial charge >= 0.3 is 18.4 Å². The summed E-state index contributed by atoms with van der Waals surface area (Å²) in [5.41, 5.74) is 3.27. The molecule has 0 aliphatic carbocycles. The summed E-state index contributed by atoms with van der Waals surface area (Å²) in [6, 6.07) is 5.94. The molecular formula is C24H33F6N3O4S. The Morgan fingerprint density at radius 2 is 1.39 bits per heavy atom. The van der Waals surface area contributed by atoms with E-state index in [1.807, 2.05) is 30.0 Å². The van der Waals surface area contributed by atoms with Crippen LogP contribution in [0.25, 0.3) is 0 Å². The molecule has 2 aliphatic rings. The van der Waals surface area contributed by atoms with Crippen molar-refractivity contribution < 1.29 is 44.3 Å². The molecule has 216 valence electrons. The number of alkyl halides is 6. The SMILES string of the molecule is Cc1c(CN2CCC(CS(C)(=O)=O)CC2)cccc1CN1CCN(C(=O)OC(C(F)(F)F)C(F)(F)F)CC1. The second-order valence-corrected chi connectivity index (χ2v) is 12.3. The maximum Gasteiger partial charge on any atom is 0.434 e. The van der Waals surface area contributed by atoms with Crippen LogP contribution in [-0.4, -0.2) is 98.9 Å². The maximum atomic E-state index is 12.7. The van der Waals surface area contributed by atoms with Crippen LogP contribution in [0.5, 0.6) is 0 Å². The number of amides is 1. The third-order valence-corrected chi connectivity index (χ3v) is 8.11. The maximum absolute atomic E-state index is 12.7. The van der Waals surface area contributed by atoms with Crippen molar-refractivity contribution in [3.8, 4) is 0 Å². The lowest BCUT2D eigenvalue weighted by Gasteiger charge is -2.35. The number of ether oxygens (including phenoxy) is 1. The zero-order valence-corrected chi connectivity index (χ0v) is 22.1. The number of piperidine rings is 1. The predicted octanol–water partition coefficient (Wildman–Crippen LogP) is 4.00. The highest BCUT2D eigenvalue weighted by atomic mass is 32.2. The minimum absolute atomic E-state index is 0.0531. The standard InChI is InChI=1S/C24H33F6N3O4S/c1-17-19(14-31-8-6-18(7-9-31)16-38(2,35)36)4-3-5-20(17)15-32-10-12-33(13-11-32)22(34)37-21(23(25,26)27)24(28,29)30/h3-5,18,21H,6-16H2,1-2H3. The van der Waals surface area contributed by atoms with Gasteiger partial charge in [-0.25, -0.2) is 13.2 Å². The Labute approximate surface area is 218 Å². The van der Waals surface area contributed by atoms with Crippen molar-refractivity contribution in [3.05, 3.63) is 34.9 Å². The van der Waals surface area contributed by atoms with Gasteiger partial charge in [0, 0.05) is 45.5 Å². The molecule has 0 saturated carbocycles. The molecule has 2 saturated heterocycles. The second kappa shape index (κ2) is 12.0. The van der Waals surface area contributed by atoms with Crippen molar-refractivity contribution >= 4 is 15.9 Å². The van der Waals surface area contributed by atoms with Crippen LogP contribution in [0, 0.1) is 12.8 Å². The predicted molar refractivity (Wildman–Crippen MR) is 128 cm³/mol. The molecule has 0 unspecified atom stereocenters. The van der Waals surface area contributed by atoms with E-state index in [0.29, 0.717) is 6.54 Å². The number of hydrogen-bond acceptors (Lipinski definition) is 6. The Balaban J connectivity index is 1.51. The number of piperazine rings is 1. The van der Waals surface area contributed by atoms with Gasteiger partial charge in [0.1, 0.15) is 9.84 Å². The van der Waals surface area contributed by atoms with Gasteiger partial charge in [-0.05, 0) is 55.5 Å². The van der Waals surface area contributed by atoms with E-state index in [1.165, 1.54) is 6.26 Å². The van der Waals surface area contributed by atoms with Crippen LogP contribution in [0.2, 0.25) is 0 Å². The van der Waals surface area contributed by atoms with Crippen molar-refractivity contribution in [1.29, 1.82) is 0 Å². The minimum Gasteiger partial charge on any atom is -0.426 e. The van der Waals surface area contributed by atoms with Crippen LogP contribution in [0.15, 0.2) is 18.2 Å². The molecule has 0 N–H and O–H groups in total. The largest absolute Gasteiger partial charge is 0.434 e. The molecule has 2 heterocycles. The molecular weight excluding hydrogens is 540 g/mol. The highest BCUT2D eigenvalue weighted by Crippen LogP contribution is 2.36. The Morgan fingerprint density at radius 3 is 1.84 bits per heavy atom. The van der Waals surface area contributed by atoms with Crippen molar-refractivity contribution in [3.63, 3.8) is 0 Å². The molecule has 0 atom stereocenters. The fraction of sp³-hybridized carbons (Fsp3) is 0.708. The van der Waals surface area contributed by atoms with E-state index in [0.717, 1.165) is 54.1 Å². The monoisotopic (exact) mass is 573 g/mol. The van der Waals surface area contributed by atoms with Crippen LogP contribution >= 0.6 is 0 Å². The fourth-order valence-electron chi connectivity index (χ4n) is 4.88. The Hall–Kier alpha value is -2.06. The lowest BCUT2D eigenvalue weighted by atomic mass is 9.97. The van der Waals surface area contributed by atoms with E-state index in [-0.39, 0.29) is 37.8 Å². The van der Waals surface area contributed by atoms with E-state index in [4.69, 9.17) is 0 Å². The number of benzene rings is 1. The molecule has 38 heavy (non-hydrogen) atoms. The summed E-state index contributed by atoms with van der Waals surface area (Å²) >= 11 is 0. The summed E-state index contributed by atoms with van der Waals surface area (Å²) in [7, 11) is -2.99. The summed E-state index contributed by atoms with van der Waals surface area (Å²) in [4.78, 5) is 17.1. The average Bonchev–Trinajstić information content (AvgIpc) is 2.79. The van der Waals surface area contributed by atoms with E-state index < -0.39 is 34.4 Å². The third-order valence-electron chi connectivity index (χ3n) is 7.04. The smallest absolute Gasteiger partial charge is 0.426 e. The number of nitrogens with zero attached hydrogens (tertiary/aromatic N) is 3. The first kappa shape index (κ1) is 30.5. The lowest BCUT2D eigenvalue weighted by molar-refractivity contribution is -0.308. The van der Waals surface area contributed by atoms with Gasteiger partial charge in [0.25, 0.3) is 6.10 Å². The summed E-state index contributed by atoms with van der Waals surface area (Å²) in [5.74, 6) is 0.392. The number of carbonyl (C=O) groups is 1. The molecule has 7 nitrogen and oxygen atoms in total. The van der Waals surface area contributed by atoms with Crippen LogP contribution in [0.4, 0.5) is 31.1 Å². The lowest BCUT2D eigenvalue weighted by Crippen LogP contribution is -2.52. The third kappa shape index (κ3) is 8.73. The van der Waals surface area contributed by atoms with E-state index in [2.05, 4.69) is 9.64 Å². The summed E-state index contributed by atoms with van der Waals surface area (Å²) in [6.45, 7) is 5.31. The number of hydrogen-bond donors (Lipinski definition) is 0. The van der Waals surface area contributed by atoms with Crippen molar-refractivity contribution in [2.24, 2.45) is 5.92 Å². The molecule has 1 amide bonds. The van der Waals surface area contributed by atoms with Crippen LogP contribution in [-0.2, 0) is 27.7 Å². The topological polar surface area (TPSA) is 70.2 Å². The first-order chi connectivity index (χ1) is 17.5. The highest BCUT2D eigenvalue weighted by Gasteiger charge is 2.60. The molecule has 14 heteroatoms. The van der Waals surface area contributed by atoms with Crippen molar-refractivity contribution in [2.45, 2.75) is 51.3 Å². The molecule has 1 aromatic carbocycles. The number of rotatable bonds is 7. The number of likely N-dealkylation sites (tertiary alicyclic amines) is 1. The summed E-state index contributed by atoms with van der Waals surface area (Å²) < 4.78 is 103. The average molecular weight is 574 g/mol. The van der Waals surface area contributed by atoms with Gasteiger partial charge in [0.05, 0.1) is 5.75 Å². The van der Waals surface area contributed by atoms with Gasteiger partial charge in [0.15, 0.2) is 0 Å². The first-order valence-corrected chi connectivity index (χ1v) is 14.4. The van der Waals surface area contributed by atoms with Gasteiger partial charge in [-0.3, -0.25) is 9.80 Å². The Morgan fingerprint density at radius 1 is 0.921 bits per heavy atom. The zero-order valence-electron chi connectivity index (χ0n) is 21.3. The zero-order chi connectivity index (χ0) is 28.3. The van der Waals surface area contributed by atoms with Crippen LogP contribution < -0.4 is 0 Å². The molecule has 0 radical (unpaired) electrons. The molecule has 1 aromatic rings. The molecule has 0 aromatic heterocycles. The molecule has 2 fully saturated rings. The molecule has 0 spiro atoms. The first-order valence-electron chi connectivity index (χ1n) is 12.3. The fourth-order valence-corrected chi connectivity index (χ4v) is 6.07. The van der Waals surface area contributed by atoms with Gasteiger partial charge in [-0.2, -0.15) is 26.3 Å². The van der Waals surface area contributed by atoms with E-state index in [1.54, 1.807) is 0 Å². The number of sulfone groups is 1. The van der Waals surface area contributed by atoms with E-state index >= 15 is 0 Å². The highest BCUT2D eigenvalue weighted by molar-refractivity contribution is 7.90. The van der Waals surface area contributed by atoms with Crippen LogP contribution in [0.3, 0.4) is 0 Å². The number of halogens is 6. The normalized spacial score (nSPS) is 19.2. The minimum atomic E-state index is -5.75. The van der Waals surface area contributed by atoms with Gasteiger partial charge in [-0.15, -0.1) is 0 Å². The van der Waals surface area contributed by atoms with Gasteiger partial charge in [-0.1, -0.05) is 18.2 Å². The van der Waals surface area contributed by atoms with Crippen molar-refractivity contribution in [2.75, 3.05) is 51.3 Å². The summed E-state index contributed by atoms with van der Waals surface area (Å²) in [6.07, 6.45) is -14.4. The molecule has 2 aliphatic heterocycles. The van der Waals surface area contributed by atoms with Gasteiger partial charge < -0.3 is 9.64 Å². The second-order valence-electron chi connectivity index (χ2n) is 10.1. The van der Waals surface area contributed by atoms with Gasteiger partial charge in [0.2, 0.25) is 0 Å². The quantitative estimate of drug-likeness (QED) is 0.460. The Bertz CT molecular complexity index is 1050. The summed E-state index contributed by atoms with van der Waals surface area (Å²) in [5, 5.41) is 0. The van der Waals surface area contributed by atoms with E-state index in [9.17, 15) is 39.6 Å².